The summed E-state index contributed by atoms with van der Waals surface area (Å²) in [6.07, 6.45) is 5.98. The van der Waals surface area contributed by atoms with Gasteiger partial charge < -0.3 is 4.90 Å². The normalized spacial score (nSPS) is 29.6. The van der Waals surface area contributed by atoms with Crippen LogP contribution in [0.4, 0.5) is 0 Å². The summed E-state index contributed by atoms with van der Waals surface area (Å²) in [5, 5.41) is 0. The molecule has 0 unspecified atom stereocenters. The first-order chi connectivity index (χ1) is 6.93. The summed E-state index contributed by atoms with van der Waals surface area (Å²) < 4.78 is 0. The first-order valence-electron chi connectivity index (χ1n) is 5.41. The van der Waals surface area contributed by atoms with E-state index >= 15 is 0 Å². The molecule has 2 bridgehead atoms. The van der Waals surface area contributed by atoms with E-state index in [0.29, 0.717) is 0 Å². The van der Waals surface area contributed by atoms with E-state index in [4.69, 9.17) is 0 Å². The largest absolute Gasteiger partial charge is 0.377 e. The van der Waals surface area contributed by atoms with Gasteiger partial charge >= 0.3 is 0 Å². The topological polar surface area (TPSA) is 3.24 Å². The van der Waals surface area contributed by atoms with Crippen molar-refractivity contribution in [2.45, 2.75) is 12.3 Å². The van der Waals surface area contributed by atoms with E-state index in [0.717, 1.165) is 11.8 Å². The van der Waals surface area contributed by atoms with Crippen molar-refractivity contribution in [3.05, 3.63) is 48.2 Å². The van der Waals surface area contributed by atoms with E-state index in [1.165, 1.54) is 25.1 Å². The fourth-order valence-electron chi connectivity index (χ4n) is 2.65. The number of hydrogen-bond donors (Lipinski definition) is 0. The predicted molar refractivity (Wildman–Crippen MR) is 58.0 cm³/mol. The van der Waals surface area contributed by atoms with E-state index in [1.807, 2.05) is 0 Å². The van der Waals surface area contributed by atoms with Gasteiger partial charge in [-0.2, -0.15) is 0 Å². The van der Waals surface area contributed by atoms with Crippen molar-refractivity contribution in [2.75, 3.05) is 13.1 Å². The standard InChI is InChI=1S/C13H15N/c1-2-4-11(5-3-1)13-10-14-8-6-12(13)7-9-14/h1-6,8,12-13H,7,9-10H2/t12-,13-/m1/s1. The number of allylic oxidation sites excluding steroid dienone is 1. The van der Waals surface area contributed by atoms with Crippen LogP contribution in [0, 0.1) is 5.92 Å². The van der Waals surface area contributed by atoms with Crippen molar-refractivity contribution in [2.24, 2.45) is 5.92 Å². The third-order valence-electron chi connectivity index (χ3n) is 3.47. The van der Waals surface area contributed by atoms with Gasteiger partial charge in [0.05, 0.1) is 0 Å². The fourth-order valence-corrected chi connectivity index (χ4v) is 2.65. The summed E-state index contributed by atoms with van der Waals surface area (Å²) in [4.78, 5) is 2.44. The monoisotopic (exact) mass is 185 g/mol. The van der Waals surface area contributed by atoms with Crippen LogP contribution in [0.25, 0.3) is 0 Å². The average Bonchev–Trinajstić information content (AvgIpc) is 2.32. The zero-order valence-corrected chi connectivity index (χ0v) is 8.26. The van der Waals surface area contributed by atoms with Crippen LogP contribution in [-0.4, -0.2) is 18.0 Å². The van der Waals surface area contributed by atoms with Crippen molar-refractivity contribution in [1.82, 2.24) is 4.90 Å². The summed E-state index contributed by atoms with van der Waals surface area (Å²) in [5.41, 5.74) is 1.51. The highest BCUT2D eigenvalue weighted by atomic mass is 15.1. The summed E-state index contributed by atoms with van der Waals surface area (Å²) in [5.74, 6) is 1.51. The summed E-state index contributed by atoms with van der Waals surface area (Å²) >= 11 is 0. The molecule has 3 aliphatic rings. The predicted octanol–water partition coefficient (Wildman–Crippen LogP) is 2.62. The molecule has 0 aliphatic carbocycles. The highest BCUT2D eigenvalue weighted by Gasteiger charge is 2.30. The molecule has 0 saturated carbocycles. The molecule has 72 valence electrons. The van der Waals surface area contributed by atoms with Gasteiger partial charge in [-0.1, -0.05) is 36.4 Å². The van der Waals surface area contributed by atoms with Gasteiger partial charge in [0.2, 0.25) is 0 Å². The zero-order valence-electron chi connectivity index (χ0n) is 8.26. The number of hydrogen-bond acceptors (Lipinski definition) is 1. The lowest BCUT2D eigenvalue weighted by Gasteiger charge is -2.41. The maximum Gasteiger partial charge on any atom is 0.0246 e. The molecular formula is C13H15N. The third kappa shape index (κ3) is 1.24. The Hall–Kier alpha value is -1.24. The Bertz CT molecular complexity index is 342. The number of benzene rings is 1. The molecule has 0 radical (unpaired) electrons. The number of fused-ring (bicyclic) bond motifs is 2. The quantitative estimate of drug-likeness (QED) is 0.650. The van der Waals surface area contributed by atoms with Crippen LogP contribution in [0.1, 0.15) is 17.9 Å². The van der Waals surface area contributed by atoms with Gasteiger partial charge in [0.15, 0.2) is 0 Å². The minimum Gasteiger partial charge on any atom is -0.377 e. The molecule has 1 aromatic carbocycles. The van der Waals surface area contributed by atoms with Crippen LogP contribution in [0.2, 0.25) is 0 Å². The van der Waals surface area contributed by atoms with Gasteiger partial charge in [-0.25, -0.2) is 0 Å². The van der Waals surface area contributed by atoms with Gasteiger partial charge in [-0.05, 0) is 24.1 Å². The number of nitrogens with zero attached hydrogens (tertiary/aromatic N) is 1. The SMILES string of the molecule is C1=CN2CC[C@@H]1[C@@H](c1ccccc1)C2. The van der Waals surface area contributed by atoms with Crippen molar-refractivity contribution in [3.63, 3.8) is 0 Å². The third-order valence-corrected chi connectivity index (χ3v) is 3.47. The number of piperidine rings is 1. The lowest BCUT2D eigenvalue weighted by atomic mass is 9.79. The average molecular weight is 185 g/mol. The molecule has 1 heteroatoms. The summed E-state index contributed by atoms with van der Waals surface area (Å²) in [6.45, 7) is 2.47. The molecule has 1 saturated heterocycles. The van der Waals surface area contributed by atoms with Crippen molar-refractivity contribution in [1.29, 1.82) is 0 Å². The smallest absolute Gasteiger partial charge is 0.0246 e. The second kappa shape index (κ2) is 3.16. The van der Waals surface area contributed by atoms with Gasteiger partial charge in [-0.3, -0.25) is 0 Å². The maximum absolute atomic E-state index is 2.44. The highest BCUT2D eigenvalue weighted by molar-refractivity contribution is 5.25. The van der Waals surface area contributed by atoms with Crippen molar-refractivity contribution in [3.8, 4) is 0 Å². The first-order valence-corrected chi connectivity index (χ1v) is 5.41. The lowest BCUT2D eigenvalue weighted by Crippen LogP contribution is -2.39. The van der Waals surface area contributed by atoms with Crippen LogP contribution in [0.5, 0.6) is 0 Å². The van der Waals surface area contributed by atoms with E-state index in [2.05, 4.69) is 47.5 Å². The van der Waals surface area contributed by atoms with Crippen LogP contribution < -0.4 is 0 Å². The molecule has 1 aromatic rings. The van der Waals surface area contributed by atoms with Gasteiger partial charge in [0, 0.05) is 19.0 Å². The fraction of sp³-hybridized carbons (Fsp3) is 0.385. The van der Waals surface area contributed by atoms with E-state index in [9.17, 15) is 0 Å². The Morgan fingerprint density at radius 2 is 2.00 bits per heavy atom. The van der Waals surface area contributed by atoms with Crippen LogP contribution in [0.3, 0.4) is 0 Å². The molecule has 1 fully saturated rings. The summed E-state index contributed by atoms with van der Waals surface area (Å²) in [7, 11) is 0. The number of rotatable bonds is 1. The Labute approximate surface area is 85.0 Å². The molecule has 3 aliphatic heterocycles. The molecular weight excluding hydrogens is 170 g/mol. The van der Waals surface area contributed by atoms with Crippen LogP contribution >= 0.6 is 0 Å². The Morgan fingerprint density at radius 3 is 2.57 bits per heavy atom. The molecule has 14 heavy (non-hydrogen) atoms. The maximum atomic E-state index is 2.44. The second-order valence-corrected chi connectivity index (χ2v) is 4.31. The molecule has 0 N–H and O–H groups in total. The summed E-state index contributed by atoms with van der Waals surface area (Å²) in [6, 6.07) is 10.9. The van der Waals surface area contributed by atoms with E-state index in [-0.39, 0.29) is 0 Å². The molecule has 0 amide bonds. The van der Waals surface area contributed by atoms with Crippen molar-refractivity contribution < 1.29 is 0 Å². The molecule has 0 spiro atoms. The Morgan fingerprint density at radius 1 is 1.14 bits per heavy atom. The highest BCUT2D eigenvalue weighted by Crippen LogP contribution is 2.36. The first kappa shape index (κ1) is 8.10. The molecule has 3 heterocycles. The van der Waals surface area contributed by atoms with Crippen LogP contribution in [0.15, 0.2) is 42.6 Å². The molecule has 2 atom stereocenters. The van der Waals surface area contributed by atoms with Crippen LogP contribution in [-0.2, 0) is 0 Å². The van der Waals surface area contributed by atoms with Gasteiger partial charge in [-0.15, -0.1) is 0 Å². The van der Waals surface area contributed by atoms with E-state index < -0.39 is 0 Å². The molecule has 1 nitrogen and oxygen atoms in total. The lowest BCUT2D eigenvalue weighted by molar-refractivity contribution is 0.211. The van der Waals surface area contributed by atoms with Gasteiger partial charge in [0.25, 0.3) is 0 Å². The van der Waals surface area contributed by atoms with Crippen molar-refractivity contribution >= 4 is 0 Å². The minimum absolute atomic E-state index is 0.731. The Kier molecular flexibility index (Phi) is 1.83. The van der Waals surface area contributed by atoms with E-state index in [1.54, 1.807) is 0 Å². The minimum atomic E-state index is 0.731. The van der Waals surface area contributed by atoms with Gasteiger partial charge in [0.1, 0.15) is 0 Å². The second-order valence-electron chi connectivity index (χ2n) is 4.31. The molecule has 0 aromatic heterocycles. The molecule has 4 rings (SSSR count). The zero-order chi connectivity index (χ0) is 9.38. The Balaban J connectivity index is 1.91.